The maximum absolute atomic E-state index is 14.5. The zero-order chi connectivity index (χ0) is 21.6. The molecule has 168 valence electrons. The first-order valence-corrected chi connectivity index (χ1v) is 10.3. The van der Waals surface area contributed by atoms with E-state index in [-0.39, 0.29) is 41.6 Å². The molecule has 0 saturated carbocycles. The first-order chi connectivity index (χ1) is 15.1. The second kappa shape index (κ2) is 11.1. The summed E-state index contributed by atoms with van der Waals surface area (Å²) in [5.41, 5.74) is 3.19. The molecule has 0 bridgehead atoms. The van der Waals surface area contributed by atoms with E-state index in [1.165, 1.54) is 6.07 Å². The van der Waals surface area contributed by atoms with Crippen molar-refractivity contribution in [2.45, 2.75) is 25.8 Å². The minimum Gasteiger partial charge on any atom is -0.357 e. The van der Waals surface area contributed by atoms with Crippen LogP contribution in [0.4, 0.5) is 10.1 Å². The number of carbonyl (C=O) groups excluding carboxylic acids is 1. The van der Waals surface area contributed by atoms with Gasteiger partial charge in [0, 0.05) is 43.5 Å². The molecule has 0 radical (unpaired) electrons. The van der Waals surface area contributed by atoms with Crippen LogP contribution in [0.15, 0.2) is 66.2 Å². The van der Waals surface area contributed by atoms with Gasteiger partial charge in [-0.1, -0.05) is 24.3 Å². The van der Waals surface area contributed by atoms with Crippen molar-refractivity contribution < 1.29 is 9.18 Å². The van der Waals surface area contributed by atoms with Gasteiger partial charge in [-0.3, -0.25) is 4.79 Å². The standard InChI is InChI=1S/C23H25FN6O.HI/c1-2-26-23(28-14-17-12-22(31)29-20-6-4-3-5-18(17)20)27-13-16-7-8-21(19(24)11-16)30-10-9-25-15-30;/h3-11,15,17H,2,12-14H2,1H3,(H,29,31)(H2,26,27,28);1H. The molecule has 1 aromatic heterocycles. The Morgan fingerprint density at radius 3 is 2.88 bits per heavy atom. The van der Waals surface area contributed by atoms with Crippen LogP contribution in [-0.2, 0) is 11.3 Å². The minimum atomic E-state index is -0.325. The second-order valence-electron chi connectivity index (χ2n) is 7.37. The molecule has 1 unspecified atom stereocenters. The van der Waals surface area contributed by atoms with Crippen LogP contribution in [0.5, 0.6) is 0 Å². The van der Waals surface area contributed by atoms with Crippen molar-refractivity contribution in [3.05, 3.63) is 78.1 Å². The Morgan fingerprint density at radius 1 is 1.28 bits per heavy atom. The lowest BCUT2D eigenvalue weighted by atomic mass is 9.90. The largest absolute Gasteiger partial charge is 0.357 e. The Balaban J connectivity index is 0.00000289. The third kappa shape index (κ3) is 5.64. The fraction of sp³-hybridized carbons (Fsp3) is 0.261. The van der Waals surface area contributed by atoms with Crippen molar-refractivity contribution in [2.24, 2.45) is 4.99 Å². The van der Waals surface area contributed by atoms with Crippen LogP contribution in [0, 0.1) is 5.82 Å². The van der Waals surface area contributed by atoms with Gasteiger partial charge >= 0.3 is 0 Å². The highest BCUT2D eigenvalue weighted by Gasteiger charge is 2.24. The number of aliphatic imine (C=N–C) groups is 1. The predicted octanol–water partition coefficient (Wildman–Crippen LogP) is 3.81. The van der Waals surface area contributed by atoms with Gasteiger partial charge in [0.15, 0.2) is 5.96 Å². The Kier molecular flexibility index (Phi) is 8.20. The van der Waals surface area contributed by atoms with Gasteiger partial charge < -0.3 is 20.5 Å². The topological polar surface area (TPSA) is 83.3 Å². The molecule has 1 atom stereocenters. The van der Waals surface area contributed by atoms with Gasteiger partial charge in [0.05, 0.1) is 18.6 Å². The average molecular weight is 548 g/mol. The Morgan fingerprint density at radius 2 is 2.12 bits per heavy atom. The molecule has 32 heavy (non-hydrogen) atoms. The molecule has 0 saturated heterocycles. The van der Waals surface area contributed by atoms with E-state index in [0.717, 1.165) is 16.8 Å². The molecule has 1 amide bonds. The summed E-state index contributed by atoms with van der Waals surface area (Å²) in [4.78, 5) is 20.6. The molecule has 3 aromatic rings. The number of rotatable bonds is 6. The van der Waals surface area contributed by atoms with Crippen LogP contribution in [-0.4, -0.2) is 34.5 Å². The summed E-state index contributed by atoms with van der Waals surface area (Å²) in [6, 6.07) is 12.9. The van der Waals surface area contributed by atoms with Crippen LogP contribution in [0.25, 0.3) is 5.69 Å². The van der Waals surface area contributed by atoms with Crippen molar-refractivity contribution in [1.82, 2.24) is 20.2 Å². The zero-order valence-electron chi connectivity index (χ0n) is 17.7. The van der Waals surface area contributed by atoms with E-state index in [2.05, 4.69) is 25.9 Å². The van der Waals surface area contributed by atoms with Gasteiger partial charge in [0.25, 0.3) is 0 Å². The van der Waals surface area contributed by atoms with Crippen LogP contribution < -0.4 is 16.0 Å². The number of imidazole rings is 1. The highest BCUT2D eigenvalue weighted by Crippen LogP contribution is 2.31. The van der Waals surface area contributed by atoms with Gasteiger partial charge in [-0.25, -0.2) is 14.4 Å². The molecule has 0 fully saturated rings. The molecule has 4 rings (SSSR count). The van der Waals surface area contributed by atoms with E-state index in [1.807, 2.05) is 37.3 Å². The number of guanidine groups is 1. The summed E-state index contributed by atoms with van der Waals surface area (Å²) in [6.07, 6.45) is 5.30. The molecule has 2 heterocycles. The van der Waals surface area contributed by atoms with Crippen molar-refractivity contribution in [3.63, 3.8) is 0 Å². The molecule has 7 nitrogen and oxygen atoms in total. The van der Waals surface area contributed by atoms with Crippen LogP contribution in [0.3, 0.4) is 0 Å². The van der Waals surface area contributed by atoms with Crippen molar-refractivity contribution in [3.8, 4) is 5.69 Å². The molecule has 3 N–H and O–H groups in total. The van der Waals surface area contributed by atoms with Crippen molar-refractivity contribution in [1.29, 1.82) is 0 Å². The first-order valence-electron chi connectivity index (χ1n) is 10.3. The number of aromatic nitrogens is 2. The summed E-state index contributed by atoms with van der Waals surface area (Å²) >= 11 is 0. The summed E-state index contributed by atoms with van der Waals surface area (Å²) < 4.78 is 16.1. The van der Waals surface area contributed by atoms with E-state index in [4.69, 9.17) is 0 Å². The quantitative estimate of drug-likeness (QED) is 0.249. The minimum absolute atomic E-state index is 0. The predicted molar refractivity (Wildman–Crippen MR) is 134 cm³/mol. The maximum Gasteiger partial charge on any atom is 0.225 e. The number of nitrogens with one attached hydrogen (secondary N) is 3. The number of amides is 1. The third-order valence-corrected chi connectivity index (χ3v) is 5.18. The molecule has 1 aliphatic heterocycles. The molecule has 0 aliphatic carbocycles. The van der Waals surface area contributed by atoms with Crippen LogP contribution in [0.2, 0.25) is 0 Å². The number of hydrogen-bond donors (Lipinski definition) is 3. The summed E-state index contributed by atoms with van der Waals surface area (Å²) in [6.45, 7) is 3.59. The Hall–Kier alpha value is -2.95. The lowest BCUT2D eigenvalue weighted by Crippen LogP contribution is -2.40. The maximum atomic E-state index is 14.5. The molecule has 0 spiro atoms. The summed E-state index contributed by atoms with van der Waals surface area (Å²) in [5, 5.41) is 9.45. The zero-order valence-corrected chi connectivity index (χ0v) is 20.0. The Labute approximate surface area is 203 Å². The lowest BCUT2D eigenvalue weighted by Gasteiger charge is -2.26. The molecule has 1 aliphatic rings. The number of fused-ring (bicyclic) bond motifs is 1. The number of halogens is 2. The number of para-hydroxylation sites is 1. The van der Waals surface area contributed by atoms with Gasteiger partial charge in [0.2, 0.25) is 5.91 Å². The fourth-order valence-electron chi connectivity index (χ4n) is 3.68. The summed E-state index contributed by atoms with van der Waals surface area (Å²) in [7, 11) is 0. The normalized spacial score (nSPS) is 15.4. The average Bonchev–Trinajstić information content (AvgIpc) is 3.30. The first kappa shape index (κ1) is 23.7. The SMILES string of the molecule is CCNC(=NCc1ccc(-n2ccnc2)c(F)c1)NCC1CC(=O)Nc2ccccc21.I. The highest BCUT2D eigenvalue weighted by molar-refractivity contribution is 14.0. The molecule has 9 heteroatoms. The third-order valence-electron chi connectivity index (χ3n) is 5.18. The number of hydrogen-bond acceptors (Lipinski definition) is 3. The number of benzene rings is 2. The van der Waals surface area contributed by atoms with Crippen molar-refractivity contribution in [2.75, 3.05) is 18.4 Å². The fourth-order valence-corrected chi connectivity index (χ4v) is 3.68. The molecule has 2 aromatic carbocycles. The van der Waals surface area contributed by atoms with Crippen molar-refractivity contribution >= 4 is 41.5 Å². The van der Waals surface area contributed by atoms with Gasteiger partial charge in [-0.2, -0.15) is 0 Å². The van der Waals surface area contributed by atoms with E-state index in [1.54, 1.807) is 29.4 Å². The van der Waals surface area contributed by atoms with Crippen LogP contribution >= 0.6 is 24.0 Å². The van der Waals surface area contributed by atoms with E-state index in [0.29, 0.717) is 37.7 Å². The Bertz CT molecular complexity index is 1090. The second-order valence-corrected chi connectivity index (χ2v) is 7.37. The smallest absolute Gasteiger partial charge is 0.225 e. The van der Waals surface area contributed by atoms with E-state index < -0.39 is 0 Å². The van der Waals surface area contributed by atoms with Crippen LogP contribution in [0.1, 0.15) is 30.4 Å². The summed E-state index contributed by atoms with van der Waals surface area (Å²) in [5.74, 6) is 0.375. The van der Waals surface area contributed by atoms with E-state index in [9.17, 15) is 9.18 Å². The van der Waals surface area contributed by atoms with Gasteiger partial charge in [0.1, 0.15) is 5.82 Å². The van der Waals surface area contributed by atoms with E-state index >= 15 is 0 Å². The molecular formula is C23H26FIN6O. The van der Waals surface area contributed by atoms with Gasteiger partial charge in [-0.05, 0) is 36.2 Å². The van der Waals surface area contributed by atoms with Gasteiger partial charge in [-0.15, -0.1) is 24.0 Å². The highest BCUT2D eigenvalue weighted by atomic mass is 127. The number of nitrogens with zero attached hydrogens (tertiary/aromatic N) is 3. The number of anilines is 1. The lowest BCUT2D eigenvalue weighted by molar-refractivity contribution is -0.116. The number of carbonyl (C=O) groups is 1. The molecular weight excluding hydrogens is 522 g/mol. The monoisotopic (exact) mass is 548 g/mol.